The van der Waals surface area contributed by atoms with Crippen LogP contribution in [0.5, 0.6) is 0 Å². The molecule has 0 fully saturated rings. The number of rotatable bonds is 1. The first-order chi connectivity index (χ1) is 10.2. The van der Waals surface area contributed by atoms with Crippen LogP contribution in [0.15, 0.2) is 53.5 Å². The van der Waals surface area contributed by atoms with Gasteiger partial charge in [-0.25, -0.2) is 0 Å². The van der Waals surface area contributed by atoms with Gasteiger partial charge >= 0.3 is 0 Å². The lowest BCUT2D eigenvalue weighted by Gasteiger charge is -2.28. The second-order valence-corrected chi connectivity index (χ2v) is 5.42. The molecule has 3 heteroatoms. The minimum absolute atomic E-state index is 0.0943. The van der Waals surface area contributed by atoms with Crippen molar-refractivity contribution in [1.29, 1.82) is 5.26 Å². The summed E-state index contributed by atoms with van der Waals surface area (Å²) in [4.78, 5) is 6.95. The van der Waals surface area contributed by atoms with E-state index in [0.29, 0.717) is 5.56 Å². The van der Waals surface area contributed by atoms with Crippen LogP contribution in [0.25, 0.3) is 0 Å². The normalized spacial score (nSPS) is 16.6. The summed E-state index contributed by atoms with van der Waals surface area (Å²) in [5.74, 6) is 1.05. The molecular formula is C18H17N3. The largest absolute Gasteiger partial charge is 0.366 e. The van der Waals surface area contributed by atoms with Gasteiger partial charge in [-0.1, -0.05) is 42.5 Å². The van der Waals surface area contributed by atoms with Crippen molar-refractivity contribution in [3.8, 4) is 6.07 Å². The summed E-state index contributed by atoms with van der Waals surface area (Å²) in [6, 6.07) is 18.3. The quantitative estimate of drug-likeness (QED) is 0.802. The van der Waals surface area contributed by atoms with Gasteiger partial charge < -0.3 is 4.90 Å². The third-order valence-electron chi connectivity index (χ3n) is 3.87. The molecule has 3 nitrogen and oxygen atoms in total. The molecule has 1 aliphatic heterocycles. The molecule has 1 unspecified atom stereocenters. The maximum Gasteiger partial charge on any atom is 0.104 e. The number of fused-ring (bicyclic) bond motifs is 1. The molecule has 0 N–H and O–H groups in total. The third-order valence-corrected chi connectivity index (χ3v) is 3.87. The Kier molecular flexibility index (Phi) is 3.45. The molecule has 2 aromatic rings. The molecule has 0 spiro atoms. The standard InChI is InChI=1S/C18H17N3/c1-21(2)17-11-13-7-3-5-9-15(13)18(20-17)16-10-6-4-8-14(16)12-19/h3-10,18H,11H2,1-2H3. The summed E-state index contributed by atoms with van der Waals surface area (Å²) in [5, 5.41) is 9.36. The van der Waals surface area contributed by atoms with Crippen molar-refractivity contribution in [1.82, 2.24) is 4.90 Å². The smallest absolute Gasteiger partial charge is 0.104 e. The molecule has 0 saturated carbocycles. The lowest BCUT2D eigenvalue weighted by atomic mass is 9.88. The highest BCUT2D eigenvalue weighted by atomic mass is 15.1. The molecule has 2 aromatic carbocycles. The summed E-state index contributed by atoms with van der Waals surface area (Å²) in [6.45, 7) is 0. The molecule has 1 heterocycles. The Balaban J connectivity index is 2.18. The molecule has 0 saturated heterocycles. The van der Waals surface area contributed by atoms with Crippen molar-refractivity contribution in [2.24, 2.45) is 4.99 Å². The fraction of sp³-hybridized carbons (Fsp3) is 0.222. The highest BCUT2D eigenvalue weighted by molar-refractivity contribution is 5.86. The van der Waals surface area contributed by atoms with E-state index in [1.165, 1.54) is 11.1 Å². The number of nitriles is 1. The van der Waals surface area contributed by atoms with Gasteiger partial charge in [-0.3, -0.25) is 4.99 Å². The summed E-state index contributed by atoms with van der Waals surface area (Å²) >= 11 is 0. The van der Waals surface area contributed by atoms with Gasteiger partial charge in [-0.05, 0) is 22.8 Å². The monoisotopic (exact) mass is 275 g/mol. The van der Waals surface area contributed by atoms with E-state index < -0.39 is 0 Å². The zero-order chi connectivity index (χ0) is 14.8. The maximum absolute atomic E-state index is 9.36. The molecule has 0 aliphatic carbocycles. The summed E-state index contributed by atoms with van der Waals surface area (Å²) in [6.07, 6.45) is 0.842. The van der Waals surface area contributed by atoms with E-state index in [9.17, 15) is 5.26 Å². The van der Waals surface area contributed by atoms with Crippen LogP contribution in [-0.2, 0) is 6.42 Å². The SMILES string of the molecule is CN(C)C1=NC(c2ccccc2C#N)c2ccccc2C1. The highest BCUT2D eigenvalue weighted by Gasteiger charge is 2.25. The lowest BCUT2D eigenvalue weighted by Crippen LogP contribution is -2.28. The van der Waals surface area contributed by atoms with Crippen LogP contribution in [0.2, 0.25) is 0 Å². The molecule has 0 radical (unpaired) electrons. The van der Waals surface area contributed by atoms with Crippen LogP contribution in [0.4, 0.5) is 0 Å². The van der Waals surface area contributed by atoms with Crippen molar-refractivity contribution in [2.45, 2.75) is 12.5 Å². The number of hydrogen-bond donors (Lipinski definition) is 0. The number of aliphatic imine (C=N–C) groups is 1. The molecular weight excluding hydrogens is 258 g/mol. The average Bonchev–Trinajstić information content (AvgIpc) is 2.53. The van der Waals surface area contributed by atoms with Gasteiger partial charge in [-0.15, -0.1) is 0 Å². The Hall–Kier alpha value is -2.60. The van der Waals surface area contributed by atoms with E-state index in [4.69, 9.17) is 4.99 Å². The van der Waals surface area contributed by atoms with E-state index in [1.54, 1.807) is 0 Å². The third kappa shape index (κ3) is 2.41. The second kappa shape index (κ2) is 5.41. The molecule has 0 amide bonds. The summed E-state index contributed by atoms with van der Waals surface area (Å²) in [7, 11) is 4.03. The molecule has 21 heavy (non-hydrogen) atoms. The van der Waals surface area contributed by atoms with Gasteiger partial charge in [0, 0.05) is 20.5 Å². The van der Waals surface area contributed by atoms with Crippen LogP contribution < -0.4 is 0 Å². The van der Waals surface area contributed by atoms with Crippen molar-refractivity contribution < 1.29 is 0 Å². The van der Waals surface area contributed by atoms with Gasteiger partial charge in [-0.2, -0.15) is 5.26 Å². The Morgan fingerprint density at radius 1 is 1.05 bits per heavy atom. The molecule has 1 aliphatic rings. The predicted molar refractivity (Wildman–Crippen MR) is 84.3 cm³/mol. The molecule has 1 atom stereocenters. The first-order valence-electron chi connectivity index (χ1n) is 7.01. The average molecular weight is 275 g/mol. The number of amidine groups is 1. The van der Waals surface area contributed by atoms with Crippen LogP contribution >= 0.6 is 0 Å². The van der Waals surface area contributed by atoms with Crippen molar-refractivity contribution in [3.63, 3.8) is 0 Å². The summed E-state index contributed by atoms with van der Waals surface area (Å²) < 4.78 is 0. The lowest BCUT2D eigenvalue weighted by molar-refractivity contribution is 0.591. The molecule has 0 aromatic heterocycles. The second-order valence-electron chi connectivity index (χ2n) is 5.42. The van der Waals surface area contributed by atoms with Crippen LogP contribution in [-0.4, -0.2) is 24.8 Å². The van der Waals surface area contributed by atoms with Gasteiger partial charge in [0.25, 0.3) is 0 Å². The van der Waals surface area contributed by atoms with Crippen molar-refractivity contribution >= 4 is 5.84 Å². The maximum atomic E-state index is 9.36. The molecule has 3 rings (SSSR count). The highest BCUT2D eigenvalue weighted by Crippen LogP contribution is 2.34. The van der Waals surface area contributed by atoms with Crippen molar-refractivity contribution in [2.75, 3.05) is 14.1 Å². The molecule has 0 bridgehead atoms. The fourth-order valence-electron chi connectivity index (χ4n) is 2.74. The van der Waals surface area contributed by atoms with E-state index >= 15 is 0 Å². The first-order valence-corrected chi connectivity index (χ1v) is 7.01. The van der Waals surface area contributed by atoms with Crippen LogP contribution in [0.1, 0.15) is 28.3 Å². The summed E-state index contributed by atoms with van der Waals surface area (Å²) in [5.41, 5.74) is 4.16. The Morgan fingerprint density at radius 2 is 1.71 bits per heavy atom. The number of nitrogens with zero attached hydrogens (tertiary/aromatic N) is 3. The van der Waals surface area contributed by atoms with Crippen LogP contribution in [0.3, 0.4) is 0 Å². The Labute approximate surface area is 125 Å². The van der Waals surface area contributed by atoms with Gasteiger partial charge in [0.15, 0.2) is 0 Å². The minimum atomic E-state index is -0.0943. The Bertz CT molecular complexity index is 738. The fourth-order valence-corrected chi connectivity index (χ4v) is 2.74. The van der Waals surface area contributed by atoms with Crippen LogP contribution in [0, 0.1) is 11.3 Å². The van der Waals surface area contributed by atoms with Gasteiger partial charge in [0.2, 0.25) is 0 Å². The predicted octanol–water partition coefficient (Wildman–Crippen LogP) is 3.16. The number of benzene rings is 2. The topological polar surface area (TPSA) is 39.4 Å². The molecule has 104 valence electrons. The van der Waals surface area contributed by atoms with E-state index in [2.05, 4.69) is 29.2 Å². The van der Waals surface area contributed by atoms with Gasteiger partial charge in [0.1, 0.15) is 11.9 Å². The number of hydrogen-bond acceptors (Lipinski definition) is 3. The zero-order valence-electron chi connectivity index (χ0n) is 12.2. The van der Waals surface area contributed by atoms with E-state index in [1.807, 2.05) is 44.4 Å². The van der Waals surface area contributed by atoms with E-state index in [0.717, 1.165) is 17.8 Å². The zero-order valence-corrected chi connectivity index (χ0v) is 12.2. The first kappa shape index (κ1) is 13.4. The number of likely N-dealkylation sites (N-methyl/N-ethyl adjacent to an activating group) is 1. The van der Waals surface area contributed by atoms with Crippen molar-refractivity contribution in [3.05, 3.63) is 70.8 Å². The minimum Gasteiger partial charge on any atom is -0.366 e. The van der Waals surface area contributed by atoms with Gasteiger partial charge in [0.05, 0.1) is 11.6 Å². The van der Waals surface area contributed by atoms with E-state index in [-0.39, 0.29) is 6.04 Å². The Morgan fingerprint density at radius 3 is 2.43 bits per heavy atom.